The predicted octanol–water partition coefficient (Wildman–Crippen LogP) is 4.61. The molecule has 2 heterocycles. The molecule has 1 amide bonds. The zero-order chi connectivity index (χ0) is 19.5. The smallest absolute Gasteiger partial charge is 0.233 e. The van der Waals surface area contributed by atoms with Crippen LogP contribution in [-0.4, -0.2) is 52.4 Å². The number of aromatic nitrogens is 2. The van der Waals surface area contributed by atoms with Crippen LogP contribution in [0.15, 0.2) is 23.4 Å². The molecule has 28 heavy (non-hydrogen) atoms. The minimum Gasteiger partial charge on any atom is -0.383 e. The number of imidazole rings is 1. The Hall–Kier alpha value is -1.24. The highest BCUT2D eigenvalue weighted by atomic mass is 35.5. The van der Waals surface area contributed by atoms with Gasteiger partial charge >= 0.3 is 0 Å². The molecule has 1 aromatic heterocycles. The molecule has 1 saturated heterocycles. The molecule has 2 unspecified atom stereocenters. The number of nitrogens with zero attached hydrogens (tertiary/aromatic N) is 3. The van der Waals surface area contributed by atoms with Crippen molar-refractivity contribution < 1.29 is 9.53 Å². The summed E-state index contributed by atoms with van der Waals surface area (Å²) < 4.78 is 7.40. The molecule has 7 heteroatoms. The maximum atomic E-state index is 13.0. The number of fused-ring (bicyclic) bond motifs is 2. The van der Waals surface area contributed by atoms with Crippen molar-refractivity contribution in [1.29, 1.82) is 0 Å². The van der Waals surface area contributed by atoms with Gasteiger partial charge in [-0.2, -0.15) is 0 Å². The molecule has 1 aliphatic heterocycles. The van der Waals surface area contributed by atoms with Crippen LogP contribution in [0, 0.1) is 5.92 Å². The van der Waals surface area contributed by atoms with Crippen molar-refractivity contribution in [2.24, 2.45) is 5.92 Å². The zero-order valence-corrected chi connectivity index (χ0v) is 18.0. The number of carbonyl (C=O) groups excluding carboxylic acids is 1. The van der Waals surface area contributed by atoms with Crippen LogP contribution in [0.5, 0.6) is 0 Å². The van der Waals surface area contributed by atoms with Crippen molar-refractivity contribution in [3.8, 4) is 0 Å². The average Bonchev–Trinajstić information content (AvgIpc) is 3.06. The summed E-state index contributed by atoms with van der Waals surface area (Å²) in [6.07, 6.45) is 7.47. The SMILES string of the molecule is COCCn1c(SCC(=O)N2CCCC3CCCCC32)nc2cc(Cl)ccc21. The summed E-state index contributed by atoms with van der Waals surface area (Å²) in [4.78, 5) is 19.9. The minimum atomic E-state index is 0.255. The van der Waals surface area contributed by atoms with Gasteiger partial charge in [-0.3, -0.25) is 4.79 Å². The van der Waals surface area contributed by atoms with Gasteiger partial charge in [0.25, 0.3) is 0 Å². The highest BCUT2D eigenvalue weighted by Gasteiger charge is 2.35. The highest BCUT2D eigenvalue weighted by molar-refractivity contribution is 7.99. The molecule has 152 valence electrons. The number of rotatable bonds is 6. The Bertz CT molecular complexity index is 838. The van der Waals surface area contributed by atoms with Crippen LogP contribution in [0.4, 0.5) is 0 Å². The fraction of sp³-hybridized carbons (Fsp3) is 0.619. The first-order valence-electron chi connectivity index (χ1n) is 10.2. The lowest BCUT2D eigenvalue weighted by Crippen LogP contribution is -2.50. The molecule has 5 nitrogen and oxygen atoms in total. The predicted molar refractivity (Wildman–Crippen MR) is 114 cm³/mol. The van der Waals surface area contributed by atoms with Gasteiger partial charge in [-0.15, -0.1) is 0 Å². The Balaban J connectivity index is 1.49. The van der Waals surface area contributed by atoms with Crippen molar-refractivity contribution >= 4 is 40.3 Å². The van der Waals surface area contributed by atoms with E-state index in [1.807, 2.05) is 18.2 Å². The number of hydrogen-bond acceptors (Lipinski definition) is 4. The van der Waals surface area contributed by atoms with Crippen LogP contribution >= 0.6 is 23.4 Å². The lowest BCUT2D eigenvalue weighted by Gasteiger charge is -2.44. The van der Waals surface area contributed by atoms with E-state index >= 15 is 0 Å². The zero-order valence-electron chi connectivity index (χ0n) is 16.4. The van der Waals surface area contributed by atoms with E-state index in [4.69, 9.17) is 21.3 Å². The van der Waals surface area contributed by atoms with Crippen molar-refractivity contribution in [1.82, 2.24) is 14.5 Å². The first-order chi connectivity index (χ1) is 13.7. The van der Waals surface area contributed by atoms with Crippen LogP contribution < -0.4 is 0 Å². The van der Waals surface area contributed by atoms with Gasteiger partial charge in [0.1, 0.15) is 0 Å². The second-order valence-electron chi connectivity index (χ2n) is 7.80. The molecular formula is C21H28ClN3O2S. The Morgan fingerprint density at radius 1 is 1.29 bits per heavy atom. The van der Waals surface area contributed by atoms with E-state index in [9.17, 15) is 4.79 Å². The molecule has 1 aliphatic carbocycles. The maximum absolute atomic E-state index is 13.0. The van der Waals surface area contributed by atoms with Crippen LogP contribution in [0.3, 0.4) is 0 Å². The van der Waals surface area contributed by atoms with E-state index < -0.39 is 0 Å². The normalized spacial score (nSPS) is 22.4. The molecule has 1 aromatic carbocycles. The van der Waals surface area contributed by atoms with E-state index in [-0.39, 0.29) is 5.91 Å². The second-order valence-corrected chi connectivity index (χ2v) is 9.18. The molecule has 2 aliphatic rings. The molecule has 0 spiro atoms. The number of amides is 1. The minimum absolute atomic E-state index is 0.255. The van der Waals surface area contributed by atoms with E-state index in [0.717, 1.165) is 29.2 Å². The molecule has 2 atom stereocenters. The first kappa shape index (κ1) is 20.0. The molecule has 0 bridgehead atoms. The van der Waals surface area contributed by atoms with E-state index in [2.05, 4.69) is 9.47 Å². The third kappa shape index (κ3) is 4.19. The molecule has 1 saturated carbocycles. The molecule has 0 radical (unpaired) electrons. The Morgan fingerprint density at radius 3 is 2.96 bits per heavy atom. The quantitative estimate of drug-likeness (QED) is 0.639. The van der Waals surface area contributed by atoms with Gasteiger partial charge in [0.15, 0.2) is 5.16 Å². The van der Waals surface area contributed by atoms with Crippen molar-refractivity contribution in [2.75, 3.05) is 26.0 Å². The van der Waals surface area contributed by atoms with Gasteiger partial charge in [-0.05, 0) is 49.8 Å². The molecule has 4 rings (SSSR count). The number of carbonyl (C=O) groups is 1. The summed E-state index contributed by atoms with van der Waals surface area (Å²) in [7, 11) is 1.70. The van der Waals surface area contributed by atoms with Crippen LogP contribution in [0.1, 0.15) is 38.5 Å². The largest absolute Gasteiger partial charge is 0.383 e. The van der Waals surface area contributed by atoms with E-state index in [1.54, 1.807) is 7.11 Å². The van der Waals surface area contributed by atoms with Crippen LogP contribution in [0.25, 0.3) is 11.0 Å². The summed E-state index contributed by atoms with van der Waals surface area (Å²) in [5, 5.41) is 1.54. The third-order valence-corrected chi connectivity index (χ3v) is 7.28. The Kier molecular flexibility index (Phi) is 6.48. The summed E-state index contributed by atoms with van der Waals surface area (Å²) in [5.74, 6) is 1.41. The van der Waals surface area contributed by atoms with E-state index in [0.29, 0.717) is 35.9 Å². The third-order valence-electron chi connectivity index (χ3n) is 6.08. The fourth-order valence-corrected chi connectivity index (χ4v) is 5.83. The second kappa shape index (κ2) is 9.06. The molecular weight excluding hydrogens is 394 g/mol. The standard InChI is InChI=1S/C21H28ClN3O2S/c1-27-12-11-25-19-9-8-16(22)13-17(19)23-21(25)28-14-20(26)24-10-4-6-15-5-2-3-7-18(15)24/h8-9,13,15,18H,2-7,10-12,14H2,1H3. The van der Waals surface area contributed by atoms with Crippen molar-refractivity contribution in [3.63, 3.8) is 0 Å². The van der Waals surface area contributed by atoms with Gasteiger partial charge in [0.2, 0.25) is 5.91 Å². The van der Waals surface area contributed by atoms with Gasteiger partial charge in [0.05, 0.1) is 23.4 Å². The van der Waals surface area contributed by atoms with Gasteiger partial charge < -0.3 is 14.2 Å². The van der Waals surface area contributed by atoms with Crippen molar-refractivity contribution in [2.45, 2.75) is 56.3 Å². The first-order valence-corrected chi connectivity index (χ1v) is 11.6. The highest BCUT2D eigenvalue weighted by Crippen LogP contribution is 2.36. The number of benzene rings is 1. The summed E-state index contributed by atoms with van der Waals surface area (Å²) >= 11 is 7.67. The summed E-state index contributed by atoms with van der Waals surface area (Å²) in [6, 6.07) is 6.21. The Morgan fingerprint density at radius 2 is 2.11 bits per heavy atom. The number of hydrogen-bond donors (Lipinski definition) is 0. The summed E-state index contributed by atoms with van der Waals surface area (Å²) in [5.41, 5.74) is 1.89. The lowest BCUT2D eigenvalue weighted by molar-refractivity contribution is -0.134. The summed E-state index contributed by atoms with van der Waals surface area (Å²) in [6.45, 7) is 2.22. The monoisotopic (exact) mass is 421 g/mol. The number of likely N-dealkylation sites (tertiary alicyclic amines) is 1. The molecule has 2 aromatic rings. The fourth-order valence-electron chi connectivity index (χ4n) is 4.73. The number of piperidine rings is 1. The topological polar surface area (TPSA) is 47.4 Å². The number of methoxy groups -OCH3 is 1. The van der Waals surface area contributed by atoms with Gasteiger partial charge in [-0.25, -0.2) is 4.98 Å². The maximum Gasteiger partial charge on any atom is 0.233 e. The van der Waals surface area contributed by atoms with Crippen molar-refractivity contribution in [3.05, 3.63) is 23.2 Å². The van der Waals surface area contributed by atoms with Gasteiger partial charge in [0, 0.05) is 31.3 Å². The van der Waals surface area contributed by atoms with Crippen LogP contribution in [-0.2, 0) is 16.1 Å². The molecule has 2 fully saturated rings. The van der Waals surface area contributed by atoms with Gasteiger partial charge in [-0.1, -0.05) is 36.2 Å². The lowest BCUT2D eigenvalue weighted by atomic mass is 9.78. The average molecular weight is 422 g/mol. The van der Waals surface area contributed by atoms with E-state index in [1.165, 1.54) is 43.9 Å². The number of ether oxygens (including phenoxy) is 1. The molecule has 0 N–H and O–H groups in total. The van der Waals surface area contributed by atoms with Crippen LogP contribution in [0.2, 0.25) is 5.02 Å². The number of thioether (sulfide) groups is 1. The Labute approximate surface area is 175 Å². The number of halogens is 1.